The van der Waals surface area contributed by atoms with Gasteiger partial charge in [-0.1, -0.05) is 18.2 Å². The van der Waals surface area contributed by atoms with Gasteiger partial charge in [0.1, 0.15) is 5.75 Å². The molecule has 3 rings (SSSR count). The second kappa shape index (κ2) is 12.7. The highest BCUT2D eigenvalue weighted by Gasteiger charge is 2.13. The fraction of sp³-hybridized carbons (Fsp3) is 0.185. The maximum absolute atomic E-state index is 12.5. The first kappa shape index (κ1) is 26.0. The lowest BCUT2D eigenvalue weighted by Crippen LogP contribution is -2.35. The van der Waals surface area contributed by atoms with Crippen LogP contribution in [0.1, 0.15) is 38.8 Å². The molecule has 0 fully saturated rings. The second-order valence-electron chi connectivity index (χ2n) is 7.55. The molecule has 0 atom stereocenters. The Morgan fingerprint density at radius 2 is 1.72 bits per heavy atom. The van der Waals surface area contributed by atoms with Crippen LogP contribution in [0.4, 0.5) is 0 Å². The van der Waals surface area contributed by atoms with E-state index in [2.05, 4.69) is 15.8 Å². The average Bonchev–Trinajstić information content (AvgIpc) is 2.89. The molecule has 3 aromatic rings. The Hall–Kier alpha value is -4.66. The molecule has 0 unspecified atom stereocenters. The summed E-state index contributed by atoms with van der Waals surface area (Å²) in [5.74, 6) is -0.159. The van der Waals surface area contributed by atoms with Crippen molar-refractivity contribution in [1.29, 1.82) is 0 Å². The van der Waals surface area contributed by atoms with Crippen molar-refractivity contribution in [3.8, 4) is 17.2 Å². The minimum absolute atomic E-state index is 0.228. The number of methoxy groups -OCH3 is 1. The highest BCUT2D eigenvalue weighted by Crippen LogP contribution is 2.28. The number of hydrazone groups is 1. The minimum atomic E-state index is -0.544. The number of esters is 1. The molecule has 186 valence electrons. The Kier molecular flexibility index (Phi) is 9.16. The van der Waals surface area contributed by atoms with Gasteiger partial charge < -0.3 is 19.5 Å². The van der Waals surface area contributed by atoms with Gasteiger partial charge in [0.05, 0.1) is 32.0 Å². The predicted octanol–water partition coefficient (Wildman–Crippen LogP) is 3.50. The van der Waals surface area contributed by atoms with E-state index in [9.17, 15) is 14.4 Å². The topological polar surface area (TPSA) is 115 Å². The predicted molar refractivity (Wildman–Crippen MR) is 135 cm³/mol. The smallest absolute Gasteiger partial charge is 0.343 e. The molecule has 3 aromatic carbocycles. The number of benzene rings is 3. The zero-order valence-electron chi connectivity index (χ0n) is 20.2. The van der Waals surface area contributed by atoms with E-state index in [1.54, 1.807) is 54.6 Å². The highest BCUT2D eigenvalue weighted by molar-refractivity contribution is 5.97. The molecule has 0 aromatic heterocycles. The van der Waals surface area contributed by atoms with Gasteiger partial charge in [-0.25, -0.2) is 10.2 Å². The fourth-order valence-corrected chi connectivity index (χ4v) is 3.16. The number of aryl methyl sites for hydroxylation is 1. The van der Waals surface area contributed by atoms with Crippen molar-refractivity contribution in [3.05, 3.63) is 89.0 Å². The van der Waals surface area contributed by atoms with E-state index in [4.69, 9.17) is 14.2 Å². The van der Waals surface area contributed by atoms with E-state index in [1.807, 2.05) is 26.0 Å². The summed E-state index contributed by atoms with van der Waals surface area (Å²) in [4.78, 5) is 36.7. The molecule has 0 aliphatic carbocycles. The van der Waals surface area contributed by atoms with Crippen molar-refractivity contribution in [1.82, 2.24) is 10.7 Å². The van der Waals surface area contributed by atoms with E-state index < -0.39 is 11.9 Å². The molecular weight excluding hydrogens is 462 g/mol. The normalized spacial score (nSPS) is 10.5. The lowest BCUT2D eigenvalue weighted by molar-refractivity contribution is -0.120. The van der Waals surface area contributed by atoms with Gasteiger partial charge in [-0.3, -0.25) is 9.59 Å². The van der Waals surface area contributed by atoms with Crippen LogP contribution in [-0.4, -0.2) is 44.3 Å². The Balaban J connectivity index is 1.54. The Bertz CT molecular complexity index is 1250. The highest BCUT2D eigenvalue weighted by atomic mass is 16.6. The van der Waals surface area contributed by atoms with E-state index in [0.29, 0.717) is 34.8 Å². The third-order valence-corrected chi connectivity index (χ3v) is 4.99. The molecule has 9 nitrogen and oxygen atoms in total. The van der Waals surface area contributed by atoms with Gasteiger partial charge in [0.25, 0.3) is 11.8 Å². The third kappa shape index (κ3) is 7.17. The van der Waals surface area contributed by atoms with E-state index in [1.165, 1.54) is 13.3 Å². The largest absolute Gasteiger partial charge is 0.494 e. The number of amides is 2. The summed E-state index contributed by atoms with van der Waals surface area (Å²) in [6, 6.07) is 18.5. The molecule has 2 N–H and O–H groups in total. The number of rotatable bonds is 10. The van der Waals surface area contributed by atoms with Crippen LogP contribution < -0.4 is 25.0 Å². The first-order chi connectivity index (χ1) is 17.4. The van der Waals surface area contributed by atoms with E-state index in [0.717, 1.165) is 5.56 Å². The lowest BCUT2D eigenvalue weighted by atomic mass is 10.1. The van der Waals surface area contributed by atoms with Gasteiger partial charge in [-0.05, 0) is 73.5 Å². The maximum Gasteiger partial charge on any atom is 0.343 e. The molecule has 0 radical (unpaired) electrons. The number of hydrogen-bond donors (Lipinski definition) is 2. The molecule has 0 saturated carbocycles. The molecule has 0 aliphatic rings. The first-order valence-electron chi connectivity index (χ1n) is 11.2. The summed E-state index contributed by atoms with van der Waals surface area (Å²) in [7, 11) is 1.45. The van der Waals surface area contributed by atoms with Gasteiger partial charge in [0, 0.05) is 5.56 Å². The molecule has 0 spiro atoms. The van der Waals surface area contributed by atoms with Gasteiger partial charge in [-0.15, -0.1) is 0 Å². The number of carbonyl (C=O) groups excluding carboxylic acids is 3. The van der Waals surface area contributed by atoms with Crippen LogP contribution >= 0.6 is 0 Å². The summed E-state index contributed by atoms with van der Waals surface area (Å²) in [5, 5.41) is 6.45. The Labute approximate surface area is 209 Å². The summed E-state index contributed by atoms with van der Waals surface area (Å²) >= 11 is 0. The van der Waals surface area contributed by atoms with Crippen LogP contribution in [0.5, 0.6) is 17.2 Å². The molecule has 0 bridgehead atoms. The molecule has 9 heteroatoms. The standard InChI is InChI=1S/C27H27N3O6/c1-4-35-21-12-10-20(11-13-21)27(33)36-23-14-9-19(15-24(23)34-3)16-29-30-25(31)17-28-26(32)22-8-6-5-7-18(22)2/h5-16H,4,17H2,1-3H3,(H,28,32)(H,30,31)/b29-16-. The monoisotopic (exact) mass is 489 g/mol. The zero-order chi connectivity index (χ0) is 25.9. The minimum Gasteiger partial charge on any atom is -0.494 e. The zero-order valence-corrected chi connectivity index (χ0v) is 20.2. The molecule has 0 saturated heterocycles. The maximum atomic E-state index is 12.5. The van der Waals surface area contributed by atoms with Crippen LogP contribution in [0.3, 0.4) is 0 Å². The first-order valence-corrected chi connectivity index (χ1v) is 11.2. The average molecular weight is 490 g/mol. The summed E-state index contributed by atoms with van der Waals surface area (Å²) in [6.45, 7) is 4.00. The van der Waals surface area contributed by atoms with Crippen molar-refractivity contribution >= 4 is 24.0 Å². The van der Waals surface area contributed by atoms with Crippen LogP contribution in [-0.2, 0) is 4.79 Å². The second-order valence-corrected chi connectivity index (χ2v) is 7.55. The van der Waals surface area contributed by atoms with Gasteiger partial charge >= 0.3 is 5.97 Å². The summed E-state index contributed by atoms with van der Waals surface area (Å²) < 4.78 is 16.2. The SMILES string of the molecule is CCOc1ccc(C(=O)Oc2ccc(/C=N\NC(=O)CNC(=O)c3ccccc3C)cc2OC)cc1. The molecule has 0 aliphatic heterocycles. The van der Waals surface area contributed by atoms with Crippen molar-refractivity contribution in [2.75, 3.05) is 20.3 Å². The summed E-state index contributed by atoms with van der Waals surface area (Å²) in [6.07, 6.45) is 1.40. The molecular formula is C27H27N3O6. The van der Waals surface area contributed by atoms with Crippen LogP contribution in [0.25, 0.3) is 0 Å². The van der Waals surface area contributed by atoms with Crippen LogP contribution in [0.2, 0.25) is 0 Å². The van der Waals surface area contributed by atoms with Crippen LogP contribution in [0.15, 0.2) is 71.8 Å². The van der Waals surface area contributed by atoms with Gasteiger partial charge in [0.2, 0.25) is 0 Å². The number of carbonyl (C=O) groups is 3. The molecule has 36 heavy (non-hydrogen) atoms. The number of ether oxygens (including phenoxy) is 3. The molecule has 2 amide bonds. The van der Waals surface area contributed by atoms with E-state index >= 15 is 0 Å². The fourth-order valence-electron chi connectivity index (χ4n) is 3.16. The van der Waals surface area contributed by atoms with Crippen molar-refractivity contribution in [3.63, 3.8) is 0 Å². The Morgan fingerprint density at radius 3 is 2.42 bits per heavy atom. The lowest BCUT2D eigenvalue weighted by Gasteiger charge is -2.10. The summed E-state index contributed by atoms with van der Waals surface area (Å²) in [5.41, 5.74) is 4.63. The van der Waals surface area contributed by atoms with Crippen LogP contribution in [0, 0.1) is 6.92 Å². The van der Waals surface area contributed by atoms with Crippen molar-refractivity contribution < 1.29 is 28.6 Å². The number of nitrogens with zero attached hydrogens (tertiary/aromatic N) is 1. The van der Waals surface area contributed by atoms with Crippen molar-refractivity contribution in [2.45, 2.75) is 13.8 Å². The van der Waals surface area contributed by atoms with Crippen molar-refractivity contribution in [2.24, 2.45) is 5.10 Å². The Morgan fingerprint density at radius 1 is 0.972 bits per heavy atom. The van der Waals surface area contributed by atoms with Gasteiger partial charge in [0.15, 0.2) is 11.5 Å². The van der Waals surface area contributed by atoms with Gasteiger partial charge in [-0.2, -0.15) is 5.10 Å². The molecule has 0 heterocycles. The number of hydrogen-bond acceptors (Lipinski definition) is 7. The number of nitrogens with one attached hydrogen (secondary N) is 2. The van der Waals surface area contributed by atoms with E-state index in [-0.39, 0.29) is 18.2 Å². The third-order valence-electron chi connectivity index (χ3n) is 4.99. The quantitative estimate of drug-likeness (QED) is 0.195.